The zero-order chi connectivity index (χ0) is 13.5. The van der Waals surface area contributed by atoms with Crippen molar-refractivity contribution in [2.45, 2.75) is 39.7 Å². The molecule has 0 N–H and O–H groups in total. The van der Waals surface area contributed by atoms with E-state index in [0.717, 1.165) is 18.5 Å². The van der Waals surface area contributed by atoms with Crippen LogP contribution in [-0.4, -0.2) is 34.8 Å². The van der Waals surface area contributed by atoms with Crippen LogP contribution in [0.2, 0.25) is 0 Å². The fourth-order valence-corrected chi connectivity index (χ4v) is 2.46. The van der Waals surface area contributed by atoms with Gasteiger partial charge in [0.2, 0.25) is 0 Å². The summed E-state index contributed by atoms with van der Waals surface area (Å²) in [6.45, 7) is 5.96. The second kappa shape index (κ2) is 4.26. The molecule has 0 radical (unpaired) electrons. The quantitative estimate of drug-likeness (QED) is 0.669. The molecule has 1 fully saturated rings. The van der Waals surface area contributed by atoms with Crippen molar-refractivity contribution in [1.82, 2.24) is 9.80 Å². The van der Waals surface area contributed by atoms with Gasteiger partial charge in [0.25, 0.3) is 5.91 Å². The number of carbonyl (C=O) groups excluding carboxylic acids is 2. The van der Waals surface area contributed by atoms with Gasteiger partial charge in [-0.05, 0) is 24.3 Å². The van der Waals surface area contributed by atoms with Crippen LogP contribution in [0.1, 0.15) is 33.6 Å². The number of imide groups is 1. The SMILES string of the molecule is CN1C(=O)C(C(C)(C)C)N(C2=CCCC=C2)C1=O. The Morgan fingerprint density at radius 3 is 2.39 bits per heavy atom. The van der Waals surface area contributed by atoms with Crippen molar-refractivity contribution in [3.8, 4) is 0 Å². The fraction of sp³-hybridized carbons (Fsp3) is 0.571. The molecule has 1 unspecified atom stereocenters. The molecule has 0 bridgehead atoms. The lowest BCUT2D eigenvalue weighted by Gasteiger charge is -2.33. The molecular formula is C14H20N2O2. The number of hydrogen-bond donors (Lipinski definition) is 0. The Balaban J connectivity index is 2.42. The van der Waals surface area contributed by atoms with E-state index in [1.807, 2.05) is 39.0 Å². The number of urea groups is 1. The Bertz CT molecular complexity index is 443. The van der Waals surface area contributed by atoms with Crippen molar-refractivity contribution in [2.24, 2.45) is 5.41 Å². The lowest BCUT2D eigenvalue weighted by Crippen LogP contribution is -2.43. The van der Waals surface area contributed by atoms with Crippen molar-refractivity contribution in [2.75, 3.05) is 7.05 Å². The number of nitrogens with zero attached hydrogens (tertiary/aromatic N) is 2. The number of carbonyl (C=O) groups is 2. The van der Waals surface area contributed by atoms with Gasteiger partial charge in [0.15, 0.2) is 0 Å². The van der Waals surface area contributed by atoms with Crippen LogP contribution in [0.3, 0.4) is 0 Å². The summed E-state index contributed by atoms with van der Waals surface area (Å²) in [4.78, 5) is 27.3. The molecule has 4 heteroatoms. The van der Waals surface area contributed by atoms with Crippen LogP contribution in [0.5, 0.6) is 0 Å². The Morgan fingerprint density at radius 2 is 1.89 bits per heavy atom. The molecule has 0 spiro atoms. The summed E-state index contributed by atoms with van der Waals surface area (Å²) in [5, 5.41) is 0. The molecule has 1 aliphatic heterocycles. The topological polar surface area (TPSA) is 40.6 Å². The smallest absolute Gasteiger partial charge is 0.281 e. The van der Waals surface area contributed by atoms with Crippen molar-refractivity contribution in [1.29, 1.82) is 0 Å². The predicted molar refractivity (Wildman–Crippen MR) is 69.7 cm³/mol. The maximum atomic E-state index is 12.2. The van der Waals surface area contributed by atoms with E-state index in [2.05, 4.69) is 0 Å². The molecule has 0 aromatic heterocycles. The first-order chi connectivity index (χ1) is 8.34. The van der Waals surface area contributed by atoms with Crippen LogP contribution >= 0.6 is 0 Å². The van der Waals surface area contributed by atoms with Gasteiger partial charge in [0, 0.05) is 12.7 Å². The maximum absolute atomic E-state index is 12.2. The van der Waals surface area contributed by atoms with Crippen LogP contribution in [0.4, 0.5) is 4.79 Å². The van der Waals surface area contributed by atoms with Crippen LogP contribution in [-0.2, 0) is 4.79 Å². The number of allylic oxidation sites excluding steroid dienone is 3. The van der Waals surface area contributed by atoms with Crippen LogP contribution in [0, 0.1) is 5.41 Å². The number of likely N-dealkylation sites (N-methyl/N-ethyl adjacent to an activating group) is 1. The zero-order valence-corrected chi connectivity index (χ0v) is 11.4. The van der Waals surface area contributed by atoms with Crippen LogP contribution in [0.15, 0.2) is 23.9 Å². The molecule has 1 heterocycles. The molecule has 1 saturated heterocycles. The largest absolute Gasteiger partial charge is 0.331 e. The van der Waals surface area contributed by atoms with Crippen molar-refractivity contribution in [3.05, 3.63) is 23.9 Å². The second-order valence-corrected chi connectivity index (χ2v) is 5.93. The number of rotatable bonds is 1. The molecule has 98 valence electrons. The third-order valence-corrected chi connectivity index (χ3v) is 3.39. The van der Waals surface area contributed by atoms with Crippen LogP contribution in [0.25, 0.3) is 0 Å². The minimum atomic E-state index is -0.413. The summed E-state index contributed by atoms with van der Waals surface area (Å²) in [6, 6.07) is -0.637. The van der Waals surface area contributed by atoms with E-state index in [9.17, 15) is 9.59 Å². The molecular weight excluding hydrogens is 228 g/mol. The fourth-order valence-electron chi connectivity index (χ4n) is 2.46. The lowest BCUT2D eigenvalue weighted by molar-refractivity contribution is -0.129. The van der Waals surface area contributed by atoms with Crippen molar-refractivity contribution in [3.63, 3.8) is 0 Å². The zero-order valence-electron chi connectivity index (χ0n) is 11.4. The Morgan fingerprint density at radius 1 is 1.22 bits per heavy atom. The summed E-state index contributed by atoms with van der Waals surface area (Å²) in [6.07, 6.45) is 7.93. The van der Waals surface area contributed by atoms with E-state index in [1.165, 1.54) is 4.90 Å². The minimum Gasteiger partial charge on any atom is -0.281 e. The van der Waals surface area contributed by atoms with Gasteiger partial charge in [-0.2, -0.15) is 0 Å². The summed E-state index contributed by atoms with van der Waals surface area (Å²) in [5.74, 6) is -0.118. The average molecular weight is 248 g/mol. The van der Waals surface area contributed by atoms with Gasteiger partial charge in [-0.15, -0.1) is 0 Å². The monoisotopic (exact) mass is 248 g/mol. The van der Waals surface area contributed by atoms with Gasteiger partial charge in [0.1, 0.15) is 6.04 Å². The Labute approximate surface area is 108 Å². The van der Waals surface area contributed by atoms with Gasteiger partial charge in [-0.3, -0.25) is 14.6 Å². The molecule has 1 atom stereocenters. The highest BCUT2D eigenvalue weighted by Gasteiger charge is 2.49. The van der Waals surface area contributed by atoms with Crippen molar-refractivity contribution >= 4 is 11.9 Å². The van der Waals surface area contributed by atoms with Crippen LogP contribution < -0.4 is 0 Å². The highest BCUT2D eigenvalue weighted by molar-refractivity contribution is 6.05. The molecule has 1 aliphatic carbocycles. The molecule has 3 amide bonds. The third kappa shape index (κ3) is 1.96. The number of hydrogen-bond acceptors (Lipinski definition) is 2. The van der Waals surface area contributed by atoms with Gasteiger partial charge < -0.3 is 0 Å². The number of amides is 3. The summed E-state index contributed by atoms with van der Waals surface area (Å²) in [5.41, 5.74) is 0.577. The van der Waals surface area contributed by atoms with Crippen molar-refractivity contribution < 1.29 is 9.59 Å². The van der Waals surface area contributed by atoms with E-state index in [1.54, 1.807) is 11.9 Å². The van der Waals surface area contributed by atoms with Gasteiger partial charge in [-0.1, -0.05) is 32.9 Å². The first kappa shape index (κ1) is 12.9. The minimum absolute atomic E-state index is 0.118. The molecule has 18 heavy (non-hydrogen) atoms. The Hall–Kier alpha value is -1.58. The van der Waals surface area contributed by atoms with Gasteiger partial charge in [-0.25, -0.2) is 4.79 Å². The first-order valence-corrected chi connectivity index (χ1v) is 6.31. The van der Waals surface area contributed by atoms with E-state index in [4.69, 9.17) is 0 Å². The molecule has 2 rings (SSSR count). The van der Waals surface area contributed by atoms with E-state index in [0.29, 0.717) is 0 Å². The normalized spacial score (nSPS) is 24.9. The third-order valence-electron chi connectivity index (χ3n) is 3.39. The standard InChI is InChI=1S/C14H20N2O2/c1-14(2,3)11-12(17)15(4)13(18)16(11)10-8-6-5-7-9-10/h6,8-9,11H,5,7H2,1-4H3. The highest BCUT2D eigenvalue weighted by Crippen LogP contribution is 2.35. The van der Waals surface area contributed by atoms with E-state index < -0.39 is 6.04 Å². The first-order valence-electron chi connectivity index (χ1n) is 6.31. The second-order valence-electron chi connectivity index (χ2n) is 5.93. The predicted octanol–water partition coefficient (Wildman–Crippen LogP) is 2.53. The maximum Gasteiger partial charge on any atom is 0.331 e. The highest BCUT2D eigenvalue weighted by atomic mass is 16.2. The molecule has 2 aliphatic rings. The summed E-state index contributed by atoms with van der Waals surface area (Å²) >= 11 is 0. The molecule has 4 nitrogen and oxygen atoms in total. The summed E-state index contributed by atoms with van der Waals surface area (Å²) < 4.78 is 0. The van der Waals surface area contributed by atoms with E-state index >= 15 is 0 Å². The lowest BCUT2D eigenvalue weighted by atomic mass is 9.85. The van der Waals surface area contributed by atoms with Gasteiger partial charge >= 0.3 is 6.03 Å². The average Bonchev–Trinajstić information content (AvgIpc) is 2.54. The van der Waals surface area contributed by atoms with Gasteiger partial charge in [0.05, 0.1) is 0 Å². The molecule has 0 saturated carbocycles. The molecule has 0 aromatic carbocycles. The Kier molecular flexibility index (Phi) is 3.05. The molecule has 0 aromatic rings. The summed E-state index contributed by atoms with van der Waals surface area (Å²) in [7, 11) is 1.55. The van der Waals surface area contributed by atoms with E-state index in [-0.39, 0.29) is 17.4 Å².